The number of aliphatic hydroxyl groups excluding tert-OH is 1. The number of ether oxygens (including phenoxy) is 1. The molecule has 5 heteroatoms. The topological polar surface area (TPSA) is 74.3 Å². The van der Waals surface area contributed by atoms with E-state index in [1.807, 2.05) is 24.4 Å². The van der Waals surface area contributed by atoms with Crippen LogP contribution in [-0.2, 0) is 16.0 Å². The van der Waals surface area contributed by atoms with Crippen molar-refractivity contribution in [3.05, 3.63) is 36.0 Å². The molecule has 0 radical (unpaired) electrons. The Morgan fingerprint density at radius 2 is 2.30 bits per heavy atom. The maximum absolute atomic E-state index is 11.7. The van der Waals surface area contributed by atoms with Crippen molar-refractivity contribution in [2.75, 3.05) is 20.3 Å². The van der Waals surface area contributed by atoms with Gasteiger partial charge >= 0.3 is 0 Å². The lowest BCUT2D eigenvalue weighted by Gasteiger charge is -2.10. The predicted octanol–water partition coefficient (Wildman–Crippen LogP) is 1.22. The summed E-state index contributed by atoms with van der Waals surface area (Å²) < 4.78 is 4.79. The summed E-state index contributed by atoms with van der Waals surface area (Å²) in [6, 6.07) is 8.13. The minimum absolute atomic E-state index is 0.0608. The number of aryl methyl sites for hydroxylation is 1. The normalized spacial score (nSPS) is 12.5. The quantitative estimate of drug-likeness (QED) is 0.712. The van der Waals surface area contributed by atoms with Crippen LogP contribution >= 0.6 is 0 Å². The van der Waals surface area contributed by atoms with Crippen molar-refractivity contribution in [1.82, 2.24) is 10.3 Å². The number of amides is 1. The van der Waals surface area contributed by atoms with Crippen LogP contribution in [0.2, 0.25) is 0 Å². The molecular formula is C15H20N2O3. The predicted molar refractivity (Wildman–Crippen MR) is 77.5 cm³/mol. The van der Waals surface area contributed by atoms with Gasteiger partial charge in [-0.05, 0) is 35.6 Å². The van der Waals surface area contributed by atoms with Crippen LogP contribution < -0.4 is 5.32 Å². The summed E-state index contributed by atoms with van der Waals surface area (Å²) in [5, 5.41) is 13.3. The van der Waals surface area contributed by atoms with Gasteiger partial charge in [0.25, 0.3) is 0 Å². The van der Waals surface area contributed by atoms with Gasteiger partial charge in [-0.2, -0.15) is 0 Å². The van der Waals surface area contributed by atoms with Crippen molar-refractivity contribution < 1.29 is 14.6 Å². The van der Waals surface area contributed by atoms with E-state index in [2.05, 4.69) is 16.4 Å². The average Bonchev–Trinajstić information content (AvgIpc) is 2.90. The molecule has 2 aromatic rings. The molecule has 108 valence electrons. The number of methoxy groups -OCH3 is 1. The standard InChI is InChI=1S/C15H20N2O3/c1-20-10-13(18)9-17-15(19)5-3-11-2-4-14-12(8-11)6-7-16-14/h2,4,6-8,13,16,18H,3,5,9-10H2,1H3,(H,17,19). The van der Waals surface area contributed by atoms with Gasteiger partial charge in [-0.1, -0.05) is 6.07 Å². The van der Waals surface area contributed by atoms with E-state index < -0.39 is 6.10 Å². The molecule has 0 fully saturated rings. The first kappa shape index (κ1) is 14.6. The summed E-state index contributed by atoms with van der Waals surface area (Å²) in [5.41, 5.74) is 2.23. The number of rotatable bonds is 7. The summed E-state index contributed by atoms with van der Waals surface area (Å²) in [6.07, 6.45) is 2.35. The molecule has 1 unspecified atom stereocenters. The Bertz CT molecular complexity index is 565. The van der Waals surface area contributed by atoms with Crippen LogP contribution in [0.5, 0.6) is 0 Å². The second-order valence-corrected chi connectivity index (χ2v) is 4.81. The molecule has 0 aliphatic carbocycles. The molecule has 0 spiro atoms. The highest BCUT2D eigenvalue weighted by Gasteiger charge is 2.07. The second-order valence-electron chi connectivity index (χ2n) is 4.81. The van der Waals surface area contributed by atoms with Crippen LogP contribution in [0, 0.1) is 0 Å². The first-order chi connectivity index (χ1) is 9.69. The monoisotopic (exact) mass is 276 g/mol. The highest BCUT2D eigenvalue weighted by atomic mass is 16.5. The van der Waals surface area contributed by atoms with E-state index in [1.54, 1.807) is 0 Å². The Kier molecular flexibility index (Phi) is 5.15. The maximum atomic E-state index is 11.7. The third-order valence-electron chi connectivity index (χ3n) is 3.15. The molecule has 5 nitrogen and oxygen atoms in total. The van der Waals surface area contributed by atoms with Gasteiger partial charge in [-0.25, -0.2) is 0 Å². The third-order valence-corrected chi connectivity index (χ3v) is 3.15. The summed E-state index contributed by atoms with van der Waals surface area (Å²) in [4.78, 5) is 14.8. The largest absolute Gasteiger partial charge is 0.389 e. The van der Waals surface area contributed by atoms with Gasteiger partial charge in [0.1, 0.15) is 0 Å². The Hall–Kier alpha value is -1.85. The van der Waals surface area contributed by atoms with Crippen LogP contribution in [0.15, 0.2) is 30.5 Å². The van der Waals surface area contributed by atoms with Crippen molar-refractivity contribution in [3.8, 4) is 0 Å². The van der Waals surface area contributed by atoms with Gasteiger partial charge in [0.05, 0.1) is 12.7 Å². The van der Waals surface area contributed by atoms with Crippen molar-refractivity contribution in [2.45, 2.75) is 18.9 Å². The molecule has 1 amide bonds. The van der Waals surface area contributed by atoms with Crippen molar-refractivity contribution in [1.29, 1.82) is 0 Å². The Labute approximate surface area is 117 Å². The summed E-state index contributed by atoms with van der Waals surface area (Å²) in [5.74, 6) is -0.0608. The molecule has 0 aliphatic heterocycles. The van der Waals surface area contributed by atoms with E-state index in [1.165, 1.54) is 7.11 Å². The van der Waals surface area contributed by atoms with Crippen LogP contribution in [0.1, 0.15) is 12.0 Å². The van der Waals surface area contributed by atoms with E-state index >= 15 is 0 Å². The van der Waals surface area contributed by atoms with E-state index in [9.17, 15) is 9.90 Å². The van der Waals surface area contributed by atoms with Crippen LogP contribution in [0.25, 0.3) is 10.9 Å². The van der Waals surface area contributed by atoms with Crippen LogP contribution in [0.4, 0.5) is 0 Å². The molecule has 0 bridgehead atoms. The lowest BCUT2D eigenvalue weighted by molar-refractivity contribution is -0.121. The first-order valence-corrected chi connectivity index (χ1v) is 6.69. The number of carbonyl (C=O) groups excluding carboxylic acids is 1. The number of aromatic nitrogens is 1. The zero-order valence-electron chi connectivity index (χ0n) is 11.6. The SMILES string of the molecule is COCC(O)CNC(=O)CCc1ccc2[nH]ccc2c1. The smallest absolute Gasteiger partial charge is 0.220 e. The molecule has 20 heavy (non-hydrogen) atoms. The molecule has 0 saturated heterocycles. The number of hydrogen-bond donors (Lipinski definition) is 3. The zero-order chi connectivity index (χ0) is 14.4. The maximum Gasteiger partial charge on any atom is 0.220 e. The lowest BCUT2D eigenvalue weighted by atomic mass is 10.1. The third kappa shape index (κ3) is 4.08. The van der Waals surface area contributed by atoms with Gasteiger partial charge in [0, 0.05) is 31.8 Å². The molecule has 0 saturated carbocycles. The Balaban J connectivity index is 1.77. The average molecular weight is 276 g/mol. The van der Waals surface area contributed by atoms with E-state index in [4.69, 9.17) is 4.74 Å². The molecule has 1 aromatic heterocycles. The molecular weight excluding hydrogens is 256 g/mol. The number of fused-ring (bicyclic) bond motifs is 1. The van der Waals surface area contributed by atoms with Crippen molar-refractivity contribution >= 4 is 16.8 Å². The number of aromatic amines is 1. The zero-order valence-corrected chi connectivity index (χ0v) is 11.6. The molecule has 3 N–H and O–H groups in total. The number of aliphatic hydroxyl groups is 1. The lowest BCUT2D eigenvalue weighted by Crippen LogP contribution is -2.34. The fourth-order valence-electron chi connectivity index (χ4n) is 2.09. The van der Waals surface area contributed by atoms with Crippen LogP contribution in [0.3, 0.4) is 0 Å². The summed E-state index contributed by atoms with van der Waals surface area (Å²) >= 11 is 0. The fourth-order valence-corrected chi connectivity index (χ4v) is 2.09. The molecule has 0 aliphatic rings. The number of nitrogens with one attached hydrogen (secondary N) is 2. The number of hydrogen-bond acceptors (Lipinski definition) is 3. The van der Waals surface area contributed by atoms with Gasteiger partial charge in [-0.3, -0.25) is 4.79 Å². The van der Waals surface area contributed by atoms with E-state index in [0.29, 0.717) is 12.8 Å². The Morgan fingerprint density at radius 3 is 3.10 bits per heavy atom. The summed E-state index contributed by atoms with van der Waals surface area (Å²) in [6.45, 7) is 0.452. The van der Waals surface area contributed by atoms with Crippen molar-refractivity contribution in [3.63, 3.8) is 0 Å². The van der Waals surface area contributed by atoms with E-state index in [-0.39, 0.29) is 19.1 Å². The van der Waals surface area contributed by atoms with Gasteiger partial charge in [-0.15, -0.1) is 0 Å². The first-order valence-electron chi connectivity index (χ1n) is 6.69. The molecule has 2 rings (SSSR count). The van der Waals surface area contributed by atoms with Gasteiger partial charge in [0.15, 0.2) is 0 Å². The Morgan fingerprint density at radius 1 is 1.45 bits per heavy atom. The van der Waals surface area contributed by atoms with E-state index in [0.717, 1.165) is 16.5 Å². The highest BCUT2D eigenvalue weighted by molar-refractivity contribution is 5.80. The van der Waals surface area contributed by atoms with Gasteiger partial charge < -0.3 is 20.1 Å². The minimum atomic E-state index is -0.653. The minimum Gasteiger partial charge on any atom is -0.389 e. The van der Waals surface area contributed by atoms with Crippen molar-refractivity contribution in [2.24, 2.45) is 0 Å². The second kappa shape index (κ2) is 7.07. The number of carbonyl (C=O) groups is 1. The highest BCUT2D eigenvalue weighted by Crippen LogP contribution is 2.15. The van der Waals surface area contributed by atoms with Gasteiger partial charge in [0.2, 0.25) is 5.91 Å². The molecule has 1 heterocycles. The van der Waals surface area contributed by atoms with Crippen LogP contribution in [-0.4, -0.2) is 42.4 Å². The number of H-pyrrole nitrogens is 1. The number of benzene rings is 1. The summed E-state index contributed by atoms with van der Waals surface area (Å²) in [7, 11) is 1.52. The fraction of sp³-hybridized carbons (Fsp3) is 0.400. The molecule has 1 aromatic carbocycles. The molecule has 1 atom stereocenters.